The van der Waals surface area contributed by atoms with E-state index in [0.29, 0.717) is 19.7 Å². The van der Waals surface area contributed by atoms with Crippen molar-refractivity contribution in [3.05, 3.63) is 28.5 Å². The molecule has 0 aliphatic heterocycles. The van der Waals surface area contributed by atoms with Crippen molar-refractivity contribution >= 4 is 21.9 Å². The van der Waals surface area contributed by atoms with E-state index in [2.05, 4.69) is 20.9 Å². The van der Waals surface area contributed by atoms with Crippen molar-refractivity contribution in [1.29, 1.82) is 0 Å². The van der Waals surface area contributed by atoms with E-state index in [0.717, 1.165) is 10.2 Å². The van der Waals surface area contributed by atoms with Crippen molar-refractivity contribution < 1.29 is 14.6 Å². The quantitative estimate of drug-likeness (QED) is 0.824. The molecule has 0 spiro atoms. The molecule has 17 heavy (non-hydrogen) atoms. The number of pyridine rings is 1. The molecular weight excluding hydrogens is 288 g/mol. The van der Waals surface area contributed by atoms with Gasteiger partial charge in [-0.25, -0.2) is 0 Å². The lowest BCUT2D eigenvalue weighted by molar-refractivity contribution is -0.138. The molecular formula is C11H15BrN2O3. The Kier molecular flexibility index (Phi) is 6.10. The van der Waals surface area contributed by atoms with E-state index in [9.17, 15) is 4.79 Å². The molecule has 1 rings (SSSR count). The number of carboxylic acid groups (broad SMARTS) is 1. The summed E-state index contributed by atoms with van der Waals surface area (Å²) in [7, 11) is 1.59. The van der Waals surface area contributed by atoms with Gasteiger partial charge in [-0.3, -0.25) is 14.7 Å². The van der Waals surface area contributed by atoms with E-state index in [1.807, 2.05) is 12.1 Å². The molecule has 5 nitrogen and oxygen atoms in total. The van der Waals surface area contributed by atoms with E-state index < -0.39 is 5.97 Å². The molecule has 0 fully saturated rings. The molecule has 0 radical (unpaired) electrons. The summed E-state index contributed by atoms with van der Waals surface area (Å²) in [6.07, 6.45) is 1.70. The van der Waals surface area contributed by atoms with Crippen molar-refractivity contribution in [1.82, 2.24) is 9.88 Å². The van der Waals surface area contributed by atoms with E-state index in [1.165, 1.54) is 0 Å². The number of hydrogen-bond acceptors (Lipinski definition) is 4. The number of aromatic nitrogens is 1. The highest BCUT2D eigenvalue weighted by Crippen LogP contribution is 2.09. The van der Waals surface area contributed by atoms with E-state index in [1.54, 1.807) is 18.2 Å². The molecule has 1 aromatic rings. The maximum atomic E-state index is 10.7. The molecule has 0 unspecified atom stereocenters. The average molecular weight is 303 g/mol. The fraction of sp³-hybridized carbons (Fsp3) is 0.455. The summed E-state index contributed by atoms with van der Waals surface area (Å²) >= 11 is 3.30. The topological polar surface area (TPSA) is 62.7 Å². The van der Waals surface area contributed by atoms with Crippen LogP contribution < -0.4 is 0 Å². The van der Waals surface area contributed by atoms with Crippen molar-refractivity contribution in [2.24, 2.45) is 0 Å². The molecule has 0 aliphatic rings. The second kappa shape index (κ2) is 7.37. The monoisotopic (exact) mass is 302 g/mol. The first-order chi connectivity index (χ1) is 8.11. The summed E-state index contributed by atoms with van der Waals surface area (Å²) in [4.78, 5) is 16.7. The number of nitrogens with zero attached hydrogens (tertiary/aromatic N) is 2. The lowest BCUT2D eigenvalue weighted by Crippen LogP contribution is -2.32. The van der Waals surface area contributed by atoms with Gasteiger partial charge < -0.3 is 9.84 Å². The van der Waals surface area contributed by atoms with Crippen LogP contribution in [0.1, 0.15) is 5.69 Å². The summed E-state index contributed by atoms with van der Waals surface area (Å²) in [5.74, 6) is -0.849. The summed E-state index contributed by atoms with van der Waals surface area (Å²) < 4.78 is 5.85. The van der Waals surface area contributed by atoms with Gasteiger partial charge in [0.25, 0.3) is 0 Å². The SMILES string of the molecule is COCCN(CC(=O)O)Cc1ccc(Br)cn1. The minimum Gasteiger partial charge on any atom is -0.480 e. The molecule has 0 aromatic carbocycles. The third kappa shape index (κ3) is 5.76. The van der Waals surface area contributed by atoms with Crippen LogP contribution >= 0.6 is 15.9 Å². The van der Waals surface area contributed by atoms with E-state index >= 15 is 0 Å². The predicted molar refractivity (Wildman–Crippen MR) is 66.7 cm³/mol. The first-order valence-corrected chi connectivity index (χ1v) is 5.94. The Hall–Kier alpha value is -0.980. The molecule has 0 atom stereocenters. The number of carboxylic acids is 1. The van der Waals surface area contributed by atoms with Crippen LogP contribution in [0.15, 0.2) is 22.8 Å². The second-order valence-corrected chi connectivity index (χ2v) is 4.48. The van der Waals surface area contributed by atoms with Crippen LogP contribution in [0.2, 0.25) is 0 Å². The number of halogens is 1. The summed E-state index contributed by atoms with van der Waals surface area (Å²) in [5, 5.41) is 8.79. The zero-order valence-corrected chi connectivity index (χ0v) is 11.2. The maximum Gasteiger partial charge on any atom is 0.317 e. The van der Waals surface area contributed by atoms with Gasteiger partial charge in [0.15, 0.2) is 0 Å². The van der Waals surface area contributed by atoms with Gasteiger partial charge >= 0.3 is 5.97 Å². The fourth-order valence-corrected chi connectivity index (χ4v) is 1.59. The molecule has 0 bridgehead atoms. The Labute approximate surface area is 109 Å². The van der Waals surface area contributed by atoms with Gasteiger partial charge in [0.2, 0.25) is 0 Å². The second-order valence-electron chi connectivity index (χ2n) is 3.56. The first-order valence-electron chi connectivity index (χ1n) is 5.15. The van der Waals surface area contributed by atoms with Crippen LogP contribution in [0.5, 0.6) is 0 Å². The van der Waals surface area contributed by atoms with Gasteiger partial charge in [-0.2, -0.15) is 0 Å². The largest absolute Gasteiger partial charge is 0.480 e. The molecule has 0 saturated heterocycles. The van der Waals surface area contributed by atoms with Gasteiger partial charge in [0.05, 0.1) is 18.8 Å². The summed E-state index contributed by atoms with van der Waals surface area (Å²) in [6, 6.07) is 3.75. The molecule has 0 amide bonds. The maximum absolute atomic E-state index is 10.7. The summed E-state index contributed by atoms with van der Waals surface area (Å²) in [5.41, 5.74) is 0.838. The van der Waals surface area contributed by atoms with Crippen LogP contribution in [0, 0.1) is 0 Å². The average Bonchev–Trinajstić information content (AvgIpc) is 2.28. The van der Waals surface area contributed by atoms with Crippen LogP contribution in [0.4, 0.5) is 0 Å². The molecule has 0 saturated carbocycles. The Bertz CT molecular complexity index is 356. The lowest BCUT2D eigenvalue weighted by Gasteiger charge is -2.19. The highest BCUT2D eigenvalue weighted by atomic mass is 79.9. The molecule has 0 aliphatic carbocycles. The fourth-order valence-electron chi connectivity index (χ4n) is 1.35. The minimum absolute atomic E-state index is 0.0128. The lowest BCUT2D eigenvalue weighted by atomic mass is 10.3. The molecule has 1 heterocycles. The van der Waals surface area contributed by atoms with Crippen molar-refractivity contribution in [3.8, 4) is 0 Å². The third-order valence-corrected chi connectivity index (χ3v) is 2.61. The number of ether oxygens (including phenoxy) is 1. The van der Waals surface area contributed by atoms with E-state index in [-0.39, 0.29) is 6.54 Å². The number of aliphatic carboxylic acids is 1. The normalized spacial score (nSPS) is 10.8. The van der Waals surface area contributed by atoms with Crippen LogP contribution in [0.3, 0.4) is 0 Å². The van der Waals surface area contributed by atoms with Crippen LogP contribution in [0.25, 0.3) is 0 Å². The van der Waals surface area contributed by atoms with Gasteiger partial charge in [0, 0.05) is 30.9 Å². The molecule has 1 aromatic heterocycles. The number of rotatable bonds is 7. The van der Waals surface area contributed by atoms with Gasteiger partial charge in [0.1, 0.15) is 0 Å². The standard InChI is InChI=1S/C11H15BrN2O3/c1-17-5-4-14(8-11(15)16)7-10-3-2-9(12)6-13-10/h2-3,6H,4-5,7-8H2,1H3,(H,15,16). The zero-order chi connectivity index (χ0) is 12.7. The Morgan fingerprint density at radius 1 is 1.59 bits per heavy atom. The van der Waals surface area contributed by atoms with Crippen molar-refractivity contribution in [2.45, 2.75) is 6.54 Å². The molecule has 94 valence electrons. The van der Waals surface area contributed by atoms with Crippen LogP contribution in [-0.2, 0) is 16.1 Å². The predicted octanol–water partition coefficient (Wildman–Crippen LogP) is 1.38. The summed E-state index contributed by atoms with van der Waals surface area (Å²) in [6.45, 7) is 1.56. The Morgan fingerprint density at radius 2 is 2.35 bits per heavy atom. The molecule has 1 N–H and O–H groups in total. The van der Waals surface area contributed by atoms with E-state index in [4.69, 9.17) is 9.84 Å². The smallest absolute Gasteiger partial charge is 0.317 e. The Morgan fingerprint density at radius 3 is 2.88 bits per heavy atom. The highest BCUT2D eigenvalue weighted by molar-refractivity contribution is 9.10. The number of carbonyl (C=O) groups is 1. The minimum atomic E-state index is -0.849. The third-order valence-electron chi connectivity index (χ3n) is 2.14. The van der Waals surface area contributed by atoms with Gasteiger partial charge in [-0.15, -0.1) is 0 Å². The van der Waals surface area contributed by atoms with Crippen molar-refractivity contribution in [3.63, 3.8) is 0 Å². The molecule has 6 heteroatoms. The van der Waals surface area contributed by atoms with Gasteiger partial charge in [-0.1, -0.05) is 0 Å². The number of hydrogen-bond donors (Lipinski definition) is 1. The number of methoxy groups -OCH3 is 1. The Balaban J connectivity index is 2.57. The van der Waals surface area contributed by atoms with Crippen LogP contribution in [-0.4, -0.2) is 47.8 Å². The van der Waals surface area contributed by atoms with Gasteiger partial charge in [-0.05, 0) is 28.1 Å². The van der Waals surface area contributed by atoms with Crippen molar-refractivity contribution in [2.75, 3.05) is 26.8 Å². The zero-order valence-electron chi connectivity index (χ0n) is 9.60. The highest BCUT2D eigenvalue weighted by Gasteiger charge is 2.10. The first kappa shape index (κ1) is 14.1.